The summed E-state index contributed by atoms with van der Waals surface area (Å²) in [4.78, 5) is 7.31. The van der Waals surface area contributed by atoms with Crippen molar-refractivity contribution < 1.29 is 0 Å². The zero-order valence-electron chi connectivity index (χ0n) is 16.5. The van der Waals surface area contributed by atoms with Crippen LogP contribution in [0, 0.1) is 17.2 Å². The molecule has 0 aliphatic carbocycles. The molecule has 1 aromatic heterocycles. The lowest BCUT2D eigenvalue weighted by Crippen LogP contribution is -2.47. The van der Waals surface area contributed by atoms with E-state index in [1.807, 2.05) is 0 Å². The normalized spacial score (nSPS) is 20.3. The topological polar surface area (TPSA) is 59.3 Å². The van der Waals surface area contributed by atoms with Gasteiger partial charge in [-0.2, -0.15) is 10.4 Å². The first-order chi connectivity index (χ1) is 12.7. The summed E-state index contributed by atoms with van der Waals surface area (Å²) in [5.41, 5.74) is 2.80. The van der Waals surface area contributed by atoms with Gasteiger partial charge in [-0.15, -0.1) is 5.10 Å². The number of rotatable bonds is 5. The number of anilines is 1. The number of aryl methyl sites for hydroxylation is 1. The monoisotopic (exact) mass is 356 g/mol. The number of likely N-dealkylation sites (N-methyl/N-ethyl adjacent to an activating group) is 1. The predicted molar refractivity (Wildman–Crippen MR) is 104 cm³/mol. The zero-order valence-corrected chi connectivity index (χ0v) is 16.5. The number of piperazine rings is 1. The van der Waals surface area contributed by atoms with E-state index in [9.17, 15) is 5.26 Å². The highest BCUT2D eigenvalue weighted by molar-refractivity contribution is 5.58. The first-order valence-corrected chi connectivity index (χ1v) is 10.1. The van der Waals surface area contributed by atoms with Gasteiger partial charge in [0.25, 0.3) is 0 Å². The molecule has 2 saturated heterocycles. The lowest BCUT2D eigenvalue weighted by Gasteiger charge is -2.38. The van der Waals surface area contributed by atoms with Crippen molar-refractivity contribution in [2.75, 3.05) is 57.8 Å². The Kier molecular flexibility index (Phi) is 6.44. The molecule has 2 aliphatic rings. The van der Waals surface area contributed by atoms with Gasteiger partial charge >= 0.3 is 0 Å². The third-order valence-corrected chi connectivity index (χ3v) is 5.97. The minimum Gasteiger partial charge on any atom is -0.354 e. The van der Waals surface area contributed by atoms with Gasteiger partial charge in [-0.3, -0.25) is 0 Å². The Morgan fingerprint density at radius 3 is 2.27 bits per heavy atom. The van der Waals surface area contributed by atoms with E-state index in [1.165, 1.54) is 45.6 Å². The van der Waals surface area contributed by atoms with Crippen molar-refractivity contribution in [1.82, 2.24) is 20.0 Å². The molecule has 2 aliphatic heterocycles. The second-order valence-corrected chi connectivity index (χ2v) is 7.68. The fraction of sp³-hybridized carbons (Fsp3) is 0.750. The average Bonchev–Trinajstić information content (AvgIpc) is 2.69. The van der Waals surface area contributed by atoms with Crippen LogP contribution >= 0.6 is 0 Å². The molecule has 3 rings (SSSR count). The van der Waals surface area contributed by atoms with E-state index in [0.717, 1.165) is 54.5 Å². The summed E-state index contributed by atoms with van der Waals surface area (Å²) in [7, 11) is 2.21. The van der Waals surface area contributed by atoms with Crippen molar-refractivity contribution in [2.24, 2.45) is 5.92 Å². The van der Waals surface area contributed by atoms with E-state index in [0.29, 0.717) is 0 Å². The van der Waals surface area contributed by atoms with Crippen LogP contribution < -0.4 is 4.90 Å². The second kappa shape index (κ2) is 8.79. The first-order valence-electron chi connectivity index (χ1n) is 10.1. The number of piperidine rings is 1. The minimum atomic E-state index is 0.747. The molecule has 0 aromatic carbocycles. The molecule has 0 N–H and O–H groups in total. The highest BCUT2D eigenvalue weighted by Gasteiger charge is 2.26. The van der Waals surface area contributed by atoms with E-state index >= 15 is 0 Å². The van der Waals surface area contributed by atoms with Crippen molar-refractivity contribution in [1.29, 1.82) is 5.26 Å². The Labute approximate surface area is 157 Å². The van der Waals surface area contributed by atoms with Gasteiger partial charge in [0, 0.05) is 45.8 Å². The molecule has 3 heterocycles. The highest BCUT2D eigenvalue weighted by atomic mass is 15.3. The maximum absolute atomic E-state index is 9.72. The van der Waals surface area contributed by atoms with Crippen LogP contribution in [0.1, 0.15) is 43.5 Å². The van der Waals surface area contributed by atoms with Crippen molar-refractivity contribution >= 4 is 5.82 Å². The molecule has 0 amide bonds. The fourth-order valence-electron chi connectivity index (χ4n) is 4.22. The molecule has 1 aromatic rings. The Bertz CT molecular complexity index is 636. The zero-order chi connectivity index (χ0) is 18.5. The Morgan fingerprint density at radius 1 is 1.00 bits per heavy atom. The largest absolute Gasteiger partial charge is 0.354 e. The molecule has 6 heteroatoms. The maximum Gasteiger partial charge on any atom is 0.169 e. The highest BCUT2D eigenvalue weighted by Crippen LogP contribution is 2.28. The molecule has 2 fully saturated rings. The van der Waals surface area contributed by atoms with Crippen LogP contribution in [0.15, 0.2) is 0 Å². The van der Waals surface area contributed by atoms with E-state index in [4.69, 9.17) is 0 Å². The minimum absolute atomic E-state index is 0.747. The van der Waals surface area contributed by atoms with Crippen LogP contribution in [-0.4, -0.2) is 72.9 Å². The third-order valence-electron chi connectivity index (χ3n) is 5.97. The summed E-state index contributed by atoms with van der Waals surface area (Å²) in [5.74, 6) is 1.56. The third kappa shape index (κ3) is 4.16. The van der Waals surface area contributed by atoms with Gasteiger partial charge in [-0.05, 0) is 44.2 Å². The Hall–Kier alpha value is -1.71. The van der Waals surface area contributed by atoms with Gasteiger partial charge in [0.15, 0.2) is 5.82 Å². The van der Waals surface area contributed by atoms with E-state index < -0.39 is 0 Å². The van der Waals surface area contributed by atoms with Crippen LogP contribution in [-0.2, 0) is 12.8 Å². The average molecular weight is 357 g/mol. The van der Waals surface area contributed by atoms with Crippen molar-refractivity contribution in [2.45, 2.75) is 39.5 Å². The number of aromatic nitrogens is 2. The van der Waals surface area contributed by atoms with Crippen LogP contribution in [0.4, 0.5) is 5.82 Å². The molecule has 142 valence electrons. The maximum atomic E-state index is 9.72. The van der Waals surface area contributed by atoms with Crippen molar-refractivity contribution in [3.8, 4) is 6.07 Å². The summed E-state index contributed by atoms with van der Waals surface area (Å²) >= 11 is 0. The standard InChI is InChI=1S/C20H32N6/c1-4-17-18(14-21)20(23-22-19(17)5-2)26-8-6-16(7-9-26)15-25-12-10-24(3)11-13-25/h16H,4-13,15H2,1-3H3. The smallest absolute Gasteiger partial charge is 0.169 e. The summed E-state index contributed by atoms with van der Waals surface area (Å²) < 4.78 is 0. The fourth-order valence-corrected chi connectivity index (χ4v) is 4.22. The lowest BCUT2D eigenvalue weighted by atomic mass is 9.95. The molecule has 0 unspecified atom stereocenters. The Morgan fingerprint density at radius 2 is 1.69 bits per heavy atom. The van der Waals surface area contributed by atoms with Gasteiger partial charge in [-0.1, -0.05) is 13.8 Å². The van der Waals surface area contributed by atoms with Crippen LogP contribution in [0.3, 0.4) is 0 Å². The molecule has 6 nitrogen and oxygen atoms in total. The van der Waals surface area contributed by atoms with Gasteiger partial charge in [0.1, 0.15) is 11.6 Å². The Balaban J connectivity index is 1.62. The molecule has 0 spiro atoms. The van der Waals surface area contributed by atoms with E-state index in [1.54, 1.807) is 0 Å². The van der Waals surface area contributed by atoms with Gasteiger partial charge in [-0.25, -0.2) is 0 Å². The summed E-state index contributed by atoms with van der Waals surface area (Å²) in [6.07, 6.45) is 4.03. The van der Waals surface area contributed by atoms with Gasteiger partial charge in [0.05, 0.1) is 5.69 Å². The van der Waals surface area contributed by atoms with Crippen LogP contribution in [0.2, 0.25) is 0 Å². The van der Waals surface area contributed by atoms with Crippen LogP contribution in [0.5, 0.6) is 0 Å². The first kappa shape index (κ1) is 19.1. The predicted octanol–water partition coefficient (Wildman–Crippen LogP) is 1.94. The van der Waals surface area contributed by atoms with Crippen LogP contribution in [0.25, 0.3) is 0 Å². The van der Waals surface area contributed by atoms with Crippen molar-refractivity contribution in [3.05, 3.63) is 16.8 Å². The molecule has 0 saturated carbocycles. The summed E-state index contributed by atoms with van der Waals surface area (Å²) in [6.45, 7) is 12.1. The number of nitriles is 1. The lowest BCUT2D eigenvalue weighted by molar-refractivity contribution is 0.129. The molecule has 0 atom stereocenters. The molecular weight excluding hydrogens is 324 g/mol. The SMILES string of the molecule is CCc1nnc(N2CCC(CN3CCN(C)CC3)CC2)c(C#N)c1CC. The summed E-state index contributed by atoms with van der Waals surface area (Å²) in [6, 6.07) is 2.41. The molecular formula is C20H32N6. The quantitative estimate of drug-likeness (QED) is 0.803. The van der Waals surface area contributed by atoms with Gasteiger partial charge < -0.3 is 14.7 Å². The second-order valence-electron chi connectivity index (χ2n) is 7.68. The molecule has 26 heavy (non-hydrogen) atoms. The molecule has 0 bridgehead atoms. The molecule has 0 radical (unpaired) electrons. The number of hydrogen-bond donors (Lipinski definition) is 0. The number of hydrogen-bond acceptors (Lipinski definition) is 6. The number of nitrogens with zero attached hydrogens (tertiary/aromatic N) is 6. The van der Waals surface area contributed by atoms with Gasteiger partial charge in [0.2, 0.25) is 0 Å². The van der Waals surface area contributed by atoms with E-state index in [-0.39, 0.29) is 0 Å². The summed E-state index contributed by atoms with van der Waals surface area (Å²) in [5, 5.41) is 18.6. The van der Waals surface area contributed by atoms with E-state index in [2.05, 4.69) is 51.9 Å². The van der Waals surface area contributed by atoms with Crippen molar-refractivity contribution in [3.63, 3.8) is 0 Å².